The fourth-order valence-electron chi connectivity index (χ4n) is 2.97. The average molecular weight is 354 g/mol. The number of ether oxygens (including phenoxy) is 2. The molecule has 0 unspecified atom stereocenters. The van der Waals surface area contributed by atoms with E-state index in [1.165, 1.54) is 0 Å². The van der Waals surface area contributed by atoms with Crippen LogP contribution in [0.15, 0.2) is 48.5 Å². The first-order chi connectivity index (χ1) is 12.6. The van der Waals surface area contributed by atoms with Crippen LogP contribution in [0.5, 0.6) is 11.5 Å². The number of methoxy groups -OCH3 is 1. The van der Waals surface area contributed by atoms with Crippen molar-refractivity contribution in [2.45, 2.75) is 19.4 Å². The number of nitrogens with one attached hydrogen (secondary N) is 1. The summed E-state index contributed by atoms with van der Waals surface area (Å²) in [6, 6.07) is 14.1. The van der Waals surface area contributed by atoms with Gasteiger partial charge < -0.3 is 19.7 Å². The van der Waals surface area contributed by atoms with Gasteiger partial charge in [-0.05, 0) is 43.3 Å². The lowest BCUT2D eigenvalue weighted by Crippen LogP contribution is -2.37. The van der Waals surface area contributed by atoms with Crippen LogP contribution in [0, 0.1) is 0 Å². The van der Waals surface area contributed by atoms with Crippen molar-refractivity contribution in [1.29, 1.82) is 0 Å². The number of nitrogens with zero attached hydrogens (tertiary/aromatic N) is 1. The number of carbonyl (C=O) groups excluding carboxylic acids is 2. The van der Waals surface area contributed by atoms with E-state index in [9.17, 15) is 9.59 Å². The summed E-state index contributed by atoms with van der Waals surface area (Å²) in [7, 11) is 1.59. The van der Waals surface area contributed by atoms with Crippen LogP contribution >= 0.6 is 0 Å². The summed E-state index contributed by atoms with van der Waals surface area (Å²) in [5, 5.41) is 2.93. The zero-order valence-corrected chi connectivity index (χ0v) is 14.9. The quantitative estimate of drug-likeness (QED) is 0.866. The predicted molar refractivity (Wildman–Crippen MR) is 98.8 cm³/mol. The first-order valence-corrected chi connectivity index (χ1v) is 8.59. The van der Waals surface area contributed by atoms with Crippen LogP contribution in [0.4, 0.5) is 5.69 Å². The Hall–Kier alpha value is -3.02. The van der Waals surface area contributed by atoms with Gasteiger partial charge in [0, 0.05) is 30.3 Å². The van der Waals surface area contributed by atoms with E-state index in [4.69, 9.17) is 9.47 Å². The molecule has 1 atom stereocenters. The fourth-order valence-corrected chi connectivity index (χ4v) is 2.97. The van der Waals surface area contributed by atoms with Crippen LogP contribution in [0.25, 0.3) is 0 Å². The maximum atomic E-state index is 12.4. The van der Waals surface area contributed by atoms with Gasteiger partial charge in [-0.2, -0.15) is 0 Å². The molecule has 136 valence electrons. The Labute approximate surface area is 152 Å². The normalized spacial score (nSPS) is 16.5. The van der Waals surface area contributed by atoms with Gasteiger partial charge >= 0.3 is 0 Å². The zero-order valence-electron chi connectivity index (χ0n) is 14.9. The number of hydrogen-bond acceptors (Lipinski definition) is 4. The number of benzene rings is 2. The van der Waals surface area contributed by atoms with Crippen LogP contribution < -0.4 is 19.7 Å². The van der Waals surface area contributed by atoms with Gasteiger partial charge in [0.1, 0.15) is 11.5 Å². The van der Waals surface area contributed by atoms with Crippen molar-refractivity contribution >= 4 is 17.5 Å². The molecule has 6 nitrogen and oxygen atoms in total. The minimum absolute atomic E-state index is 0.0183. The van der Waals surface area contributed by atoms with Gasteiger partial charge in [-0.3, -0.25) is 9.59 Å². The molecule has 0 saturated carbocycles. The van der Waals surface area contributed by atoms with Crippen LogP contribution in [0.3, 0.4) is 0 Å². The van der Waals surface area contributed by atoms with E-state index in [0.717, 1.165) is 11.4 Å². The number of hydrogen-bond donors (Lipinski definition) is 1. The Morgan fingerprint density at radius 3 is 2.65 bits per heavy atom. The monoisotopic (exact) mass is 354 g/mol. The van der Waals surface area contributed by atoms with E-state index in [0.29, 0.717) is 24.5 Å². The molecule has 26 heavy (non-hydrogen) atoms. The number of rotatable bonds is 6. The molecule has 0 radical (unpaired) electrons. The summed E-state index contributed by atoms with van der Waals surface area (Å²) < 4.78 is 10.6. The van der Waals surface area contributed by atoms with Crippen molar-refractivity contribution < 1.29 is 19.1 Å². The molecule has 0 aliphatic carbocycles. The Morgan fingerprint density at radius 2 is 1.96 bits per heavy atom. The van der Waals surface area contributed by atoms with Gasteiger partial charge in [0.05, 0.1) is 19.8 Å². The first-order valence-electron chi connectivity index (χ1n) is 8.59. The molecule has 1 fully saturated rings. The summed E-state index contributed by atoms with van der Waals surface area (Å²) >= 11 is 0. The molecular weight excluding hydrogens is 332 g/mol. The Bertz CT molecular complexity index is 789. The third-order valence-electron chi connectivity index (χ3n) is 4.25. The molecule has 0 bridgehead atoms. The topological polar surface area (TPSA) is 67.9 Å². The standard InChI is InChI=1S/C20H22N2O4/c1-3-26-17-9-7-14(8-10-17)20(24)21-15-11-19(23)22(13-15)16-5-4-6-18(12-16)25-2/h4-10,12,15H,3,11,13H2,1-2H3,(H,21,24)/t15-/m1/s1. The lowest BCUT2D eigenvalue weighted by molar-refractivity contribution is -0.117. The van der Waals surface area contributed by atoms with Crippen LogP contribution in [0.2, 0.25) is 0 Å². The van der Waals surface area contributed by atoms with Crippen molar-refractivity contribution in [2.75, 3.05) is 25.2 Å². The van der Waals surface area contributed by atoms with E-state index < -0.39 is 0 Å². The van der Waals surface area contributed by atoms with Crippen LogP contribution in [-0.4, -0.2) is 38.1 Å². The number of carbonyl (C=O) groups is 2. The van der Waals surface area contributed by atoms with Crippen molar-refractivity contribution in [2.24, 2.45) is 0 Å². The van der Waals surface area contributed by atoms with Gasteiger partial charge in [-0.15, -0.1) is 0 Å². The number of anilines is 1. The van der Waals surface area contributed by atoms with E-state index in [1.54, 1.807) is 36.3 Å². The summed E-state index contributed by atoms with van der Waals surface area (Å²) in [5.74, 6) is 1.20. The molecule has 3 rings (SSSR count). The molecule has 0 spiro atoms. The minimum atomic E-state index is -0.229. The number of amides is 2. The lowest BCUT2D eigenvalue weighted by atomic mass is 10.2. The second kappa shape index (κ2) is 7.91. The molecule has 2 aromatic rings. The largest absolute Gasteiger partial charge is 0.497 e. The maximum Gasteiger partial charge on any atom is 0.251 e. The Morgan fingerprint density at radius 1 is 1.19 bits per heavy atom. The van der Waals surface area contributed by atoms with Gasteiger partial charge in [0.2, 0.25) is 5.91 Å². The smallest absolute Gasteiger partial charge is 0.251 e. The summed E-state index contributed by atoms with van der Waals surface area (Å²) in [5.41, 5.74) is 1.31. The zero-order chi connectivity index (χ0) is 18.5. The van der Waals surface area contributed by atoms with Crippen molar-refractivity contribution in [3.63, 3.8) is 0 Å². The second-order valence-corrected chi connectivity index (χ2v) is 6.04. The molecule has 2 aromatic carbocycles. The maximum absolute atomic E-state index is 12.4. The highest BCUT2D eigenvalue weighted by Crippen LogP contribution is 2.25. The third kappa shape index (κ3) is 3.96. The summed E-state index contributed by atoms with van der Waals surface area (Å²) in [4.78, 5) is 26.4. The highest BCUT2D eigenvalue weighted by molar-refractivity contribution is 5.99. The second-order valence-electron chi connectivity index (χ2n) is 6.04. The van der Waals surface area contributed by atoms with Crippen molar-refractivity contribution in [1.82, 2.24) is 5.32 Å². The third-order valence-corrected chi connectivity index (χ3v) is 4.25. The highest BCUT2D eigenvalue weighted by atomic mass is 16.5. The molecular formula is C20H22N2O4. The van der Waals surface area contributed by atoms with Gasteiger partial charge in [0.15, 0.2) is 0 Å². The average Bonchev–Trinajstić information content (AvgIpc) is 3.02. The van der Waals surface area contributed by atoms with Crippen molar-refractivity contribution in [3.05, 3.63) is 54.1 Å². The molecule has 1 aliphatic heterocycles. The van der Waals surface area contributed by atoms with Crippen molar-refractivity contribution in [3.8, 4) is 11.5 Å². The molecule has 1 aliphatic rings. The fraction of sp³-hybridized carbons (Fsp3) is 0.300. The van der Waals surface area contributed by atoms with E-state index >= 15 is 0 Å². The SMILES string of the molecule is CCOc1ccc(C(=O)N[C@@H]2CC(=O)N(c3cccc(OC)c3)C2)cc1. The Balaban J connectivity index is 1.64. The lowest BCUT2D eigenvalue weighted by Gasteiger charge is -2.18. The van der Waals surface area contributed by atoms with Gasteiger partial charge in [-0.1, -0.05) is 6.07 Å². The highest BCUT2D eigenvalue weighted by Gasteiger charge is 2.31. The molecule has 6 heteroatoms. The predicted octanol–water partition coefficient (Wildman–Crippen LogP) is 2.63. The molecule has 1 heterocycles. The van der Waals surface area contributed by atoms with Gasteiger partial charge in [-0.25, -0.2) is 0 Å². The summed E-state index contributed by atoms with van der Waals surface area (Å²) in [6.07, 6.45) is 0.278. The molecule has 2 amide bonds. The Kier molecular flexibility index (Phi) is 5.41. The van der Waals surface area contributed by atoms with Crippen LogP contribution in [-0.2, 0) is 4.79 Å². The van der Waals surface area contributed by atoms with E-state index in [-0.39, 0.29) is 24.3 Å². The summed E-state index contributed by atoms with van der Waals surface area (Å²) in [6.45, 7) is 2.93. The minimum Gasteiger partial charge on any atom is -0.497 e. The van der Waals surface area contributed by atoms with Gasteiger partial charge in [0.25, 0.3) is 5.91 Å². The molecule has 1 N–H and O–H groups in total. The van der Waals surface area contributed by atoms with E-state index in [2.05, 4.69) is 5.32 Å². The van der Waals surface area contributed by atoms with Crippen LogP contribution in [0.1, 0.15) is 23.7 Å². The van der Waals surface area contributed by atoms with E-state index in [1.807, 2.05) is 31.2 Å². The first kappa shape index (κ1) is 17.8. The molecule has 0 aromatic heterocycles. The molecule has 1 saturated heterocycles.